The number of ether oxygens (including phenoxy) is 1. The van der Waals surface area contributed by atoms with Gasteiger partial charge in [0.1, 0.15) is 11.9 Å². The Morgan fingerprint density at radius 1 is 1.07 bits per heavy atom. The Labute approximate surface area is 162 Å². The van der Waals surface area contributed by atoms with Crippen LogP contribution in [0.2, 0.25) is 0 Å². The van der Waals surface area contributed by atoms with Gasteiger partial charge in [-0.2, -0.15) is 13.2 Å². The van der Waals surface area contributed by atoms with E-state index in [0.717, 1.165) is 49.2 Å². The van der Waals surface area contributed by atoms with E-state index in [4.69, 9.17) is 4.74 Å². The number of halogens is 3. The van der Waals surface area contributed by atoms with Crippen molar-refractivity contribution in [3.63, 3.8) is 0 Å². The first-order valence-corrected chi connectivity index (χ1v) is 9.21. The van der Waals surface area contributed by atoms with Crippen LogP contribution in [0.25, 0.3) is 0 Å². The molecule has 0 bridgehead atoms. The summed E-state index contributed by atoms with van der Waals surface area (Å²) in [4.78, 5) is 12.6. The molecule has 1 fully saturated rings. The van der Waals surface area contributed by atoms with Gasteiger partial charge in [-0.3, -0.25) is 4.79 Å². The van der Waals surface area contributed by atoms with Crippen molar-refractivity contribution >= 4 is 11.6 Å². The summed E-state index contributed by atoms with van der Waals surface area (Å²) in [5.41, 5.74) is 1.54. The fraction of sp³-hybridized carbons (Fsp3) is 0.381. The molecule has 0 radical (unpaired) electrons. The van der Waals surface area contributed by atoms with Crippen LogP contribution in [0, 0.1) is 13.8 Å². The Hall–Kier alpha value is -2.54. The number of hydrogen-bond donors (Lipinski definition) is 2. The van der Waals surface area contributed by atoms with Gasteiger partial charge in [0.15, 0.2) is 0 Å². The average molecular weight is 392 g/mol. The minimum atomic E-state index is -4.51. The standard InChI is InChI=1S/C21H23F3N2O2/c1-13-3-4-15(11-14(13)2)20(27)26-18-12-16(21(22,23)24)5-6-19(18)28-17-7-9-25-10-8-17/h3-6,11-12,17,25H,7-10H2,1-2H3,(H,26,27). The molecule has 1 saturated heterocycles. The van der Waals surface area contributed by atoms with E-state index >= 15 is 0 Å². The summed E-state index contributed by atoms with van der Waals surface area (Å²) >= 11 is 0. The van der Waals surface area contributed by atoms with Crippen molar-refractivity contribution in [2.24, 2.45) is 0 Å². The third-order valence-corrected chi connectivity index (χ3v) is 4.90. The van der Waals surface area contributed by atoms with Crippen LogP contribution in [0.4, 0.5) is 18.9 Å². The summed E-state index contributed by atoms with van der Waals surface area (Å²) in [5, 5.41) is 5.81. The summed E-state index contributed by atoms with van der Waals surface area (Å²) in [5.74, 6) is -0.227. The molecule has 0 aromatic heterocycles. The van der Waals surface area contributed by atoms with Gasteiger partial charge < -0.3 is 15.4 Å². The first-order chi connectivity index (χ1) is 13.2. The highest BCUT2D eigenvalue weighted by Gasteiger charge is 2.32. The number of aryl methyl sites for hydroxylation is 2. The second-order valence-corrected chi connectivity index (χ2v) is 7.03. The lowest BCUT2D eigenvalue weighted by Crippen LogP contribution is -2.34. The first-order valence-electron chi connectivity index (χ1n) is 9.21. The van der Waals surface area contributed by atoms with Gasteiger partial charge in [0.2, 0.25) is 0 Å². The minimum Gasteiger partial charge on any atom is -0.488 e. The Bertz CT molecular complexity index is 859. The fourth-order valence-corrected chi connectivity index (χ4v) is 3.08. The second-order valence-electron chi connectivity index (χ2n) is 7.03. The molecule has 1 amide bonds. The molecule has 0 atom stereocenters. The Morgan fingerprint density at radius 2 is 1.79 bits per heavy atom. The van der Waals surface area contributed by atoms with Crippen molar-refractivity contribution in [3.8, 4) is 5.75 Å². The second kappa shape index (κ2) is 8.22. The lowest BCUT2D eigenvalue weighted by atomic mass is 10.1. The van der Waals surface area contributed by atoms with Crippen molar-refractivity contribution in [2.75, 3.05) is 18.4 Å². The van der Waals surface area contributed by atoms with E-state index in [9.17, 15) is 18.0 Å². The van der Waals surface area contributed by atoms with Gasteiger partial charge >= 0.3 is 6.18 Å². The summed E-state index contributed by atoms with van der Waals surface area (Å²) in [7, 11) is 0. The molecule has 7 heteroatoms. The molecular weight excluding hydrogens is 369 g/mol. The zero-order valence-corrected chi connectivity index (χ0v) is 15.8. The lowest BCUT2D eigenvalue weighted by molar-refractivity contribution is -0.137. The number of nitrogens with one attached hydrogen (secondary N) is 2. The highest BCUT2D eigenvalue weighted by Crippen LogP contribution is 2.36. The molecule has 0 aliphatic carbocycles. The monoisotopic (exact) mass is 392 g/mol. The van der Waals surface area contributed by atoms with Gasteiger partial charge in [-0.25, -0.2) is 0 Å². The number of rotatable bonds is 4. The van der Waals surface area contributed by atoms with Crippen molar-refractivity contribution in [1.29, 1.82) is 0 Å². The maximum Gasteiger partial charge on any atom is 0.416 e. The van der Waals surface area contributed by atoms with Crippen molar-refractivity contribution < 1.29 is 22.7 Å². The number of amides is 1. The number of benzene rings is 2. The molecule has 1 aliphatic heterocycles. The Balaban J connectivity index is 1.88. The molecule has 150 valence electrons. The third-order valence-electron chi connectivity index (χ3n) is 4.90. The quantitative estimate of drug-likeness (QED) is 0.793. The summed E-state index contributed by atoms with van der Waals surface area (Å²) in [6.45, 7) is 5.38. The summed E-state index contributed by atoms with van der Waals surface area (Å²) in [6.07, 6.45) is -3.10. The normalized spacial score (nSPS) is 15.3. The molecule has 4 nitrogen and oxygen atoms in total. The van der Waals surface area contributed by atoms with Crippen LogP contribution in [-0.4, -0.2) is 25.1 Å². The SMILES string of the molecule is Cc1ccc(C(=O)Nc2cc(C(F)(F)F)ccc2OC2CCNCC2)cc1C. The van der Waals surface area contributed by atoms with Gasteiger partial charge in [0.25, 0.3) is 5.91 Å². The van der Waals surface area contributed by atoms with Gasteiger partial charge in [0.05, 0.1) is 11.3 Å². The van der Waals surface area contributed by atoms with E-state index in [-0.39, 0.29) is 17.5 Å². The zero-order valence-electron chi connectivity index (χ0n) is 15.8. The van der Waals surface area contributed by atoms with Crippen LogP contribution < -0.4 is 15.4 Å². The van der Waals surface area contributed by atoms with Crippen LogP contribution in [0.3, 0.4) is 0 Å². The lowest BCUT2D eigenvalue weighted by Gasteiger charge is -2.25. The zero-order chi connectivity index (χ0) is 20.3. The fourth-order valence-electron chi connectivity index (χ4n) is 3.08. The Morgan fingerprint density at radius 3 is 2.43 bits per heavy atom. The van der Waals surface area contributed by atoms with E-state index in [0.29, 0.717) is 5.56 Å². The molecule has 3 rings (SSSR count). The van der Waals surface area contributed by atoms with Gasteiger partial charge in [0, 0.05) is 5.56 Å². The molecule has 2 aromatic rings. The number of alkyl halides is 3. The molecule has 28 heavy (non-hydrogen) atoms. The van der Waals surface area contributed by atoms with Crippen LogP contribution in [0.5, 0.6) is 5.75 Å². The predicted molar refractivity (Wildman–Crippen MR) is 102 cm³/mol. The number of piperidine rings is 1. The largest absolute Gasteiger partial charge is 0.488 e. The van der Waals surface area contributed by atoms with Crippen LogP contribution in [0.1, 0.15) is 39.9 Å². The van der Waals surface area contributed by atoms with Crippen molar-refractivity contribution in [2.45, 2.75) is 39.0 Å². The van der Waals surface area contributed by atoms with Gasteiger partial charge in [-0.15, -0.1) is 0 Å². The van der Waals surface area contributed by atoms with E-state index in [1.807, 2.05) is 19.9 Å². The van der Waals surface area contributed by atoms with E-state index < -0.39 is 17.6 Å². The van der Waals surface area contributed by atoms with E-state index in [1.165, 1.54) is 6.07 Å². The molecule has 2 aromatic carbocycles. The number of carbonyl (C=O) groups excluding carboxylic acids is 1. The Kier molecular flexibility index (Phi) is 5.93. The summed E-state index contributed by atoms with van der Waals surface area (Å²) < 4.78 is 45.4. The number of carbonyl (C=O) groups is 1. The van der Waals surface area contributed by atoms with Gasteiger partial charge in [-0.1, -0.05) is 6.07 Å². The maximum atomic E-state index is 13.2. The number of anilines is 1. The maximum absolute atomic E-state index is 13.2. The van der Waals surface area contributed by atoms with Crippen LogP contribution >= 0.6 is 0 Å². The van der Waals surface area contributed by atoms with Gasteiger partial charge in [-0.05, 0) is 81.2 Å². The minimum absolute atomic E-state index is 0.0246. The molecule has 1 aliphatic rings. The molecule has 2 N–H and O–H groups in total. The van der Waals surface area contributed by atoms with E-state index in [1.54, 1.807) is 12.1 Å². The van der Waals surface area contributed by atoms with Crippen LogP contribution in [-0.2, 0) is 6.18 Å². The smallest absolute Gasteiger partial charge is 0.416 e. The number of hydrogen-bond acceptors (Lipinski definition) is 3. The molecule has 0 unspecified atom stereocenters. The topological polar surface area (TPSA) is 50.4 Å². The van der Waals surface area contributed by atoms with E-state index in [2.05, 4.69) is 10.6 Å². The van der Waals surface area contributed by atoms with Crippen LogP contribution in [0.15, 0.2) is 36.4 Å². The third kappa shape index (κ3) is 4.84. The molecular formula is C21H23F3N2O2. The molecule has 0 saturated carbocycles. The molecule has 0 spiro atoms. The van der Waals surface area contributed by atoms with Crippen molar-refractivity contribution in [1.82, 2.24) is 5.32 Å². The highest BCUT2D eigenvalue weighted by atomic mass is 19.4. The summed E-state index contributed by atoms with van der Waals surface area (Å²) in [6, 6.07) is 8.35. The van der Waals surface area contributed by atoms with Crippen molar-refractivity contribution in [3.05, 3.63) is 58.7 Å². The molecule has 1 heterocycles. The average Bonchev–Trinajstić information content (AvgIpc) is 2.65. The first kappa shape index (κ1) is 20.2. The predicted octanol–water partition coefficient (Wildman–Crippen LogP) is 4.71. The highest BCUT2D eigenvalue weighted by molar-refractivity contribution is 6.05.